The Morgan fingerprint density at radius 1 is 1.10 bits per heavy atom. The Morgan fingerprint density at radius 2 is 1.75 bits per heavy atom. The Bertz CT molecular complexity index is 399. The highest BCUT2D eigenvalue weighted by Crippen LogP contribution is 2.29. The number of piperidine rings is 1. The van der Waals surface area contributed by atoms with E-state index in [-0.39, 0.29) is 6.04 Å². The second-order valence-electron chi connectivity index (χ2n) is 6.35. The van der Waals surface area contributed by atoms with E-state index < -0.39 is 10.2 Å². The van der Waals surface area contributed by atoms with Crippen LogP contribution in [0, 0.1) is 11.8 Å². The molecule has 3 N–H and O–H groups in total. The number of nitrogens with two attached hydrogens (primary N) is 1. The van der Waals surface area contributed by atoms with Gasteiger partial charge in [-0.1, -0.05) is 19.3 Å². The van der Waals surface area contributed by atoms with Crippen molar-refractivity contribution in [3.63, 3.8) is 0 Å². The molecule has 0 aromatic carbocycles. The van der Waals surface area contributed by atoms with Crippen molar-refractivity contribution in [3.8, 4) is 0 Å². The van der Waals surface area contributed by atoms with Crippen LogP contribution in [0.2, 0.25) is 0 Å². The summed E-state index contributed by atoms with van der Waals surface area (Å²) >= 11 is 0. The number of hydrogen-bond acceptors (Lipinski definition) is 3. The van der Waals surface area contributed by atoms with Crippen LogP contribution in [0.4, 0.5) is 0 Å². The first-order chi connectivity index (χ1) is 9.54. The molecular formula is C14H29N3O2S. The zero-order chi connectivity index (χ0) is 14.6. The van der Waals surface area contributed by atoms with Gasteiger partial charge >= 0.3 is 0 Å². The number of hydrogen-bond donors (Lipinski definition) is 2. The summed E-state index contributed by atoms with van der Waals surface area (Å²) in [6.07, 6.45) is 7.74. The molecule has 2 rings (SSSR count). The molecule has 2 fully saturated rings. The SMILES string of the molecule is CC1CCCCN1S(=O)(=O)NCC1CCCCC1CN. The third-order valence-corrected chi connectivity index (χ3v) is 6.64. The van der Waals surface area contributed by atoms with Crippen LogP contribution < -0.4 is 10.5 Å². The van der Waals surface area contributed by atoms with Crippen molar-refractivity contribution in [3.05, 3.63) is 0 Å². The summed E-state index contributed by atoms with van der Waals surface area (Å²) in [6, 6.07) is 0.123. The van der Waals surface area contributed by atoms with Crippen LogP contribution in [0.3, 0.4) is 0 Å². The molecule has 0 amide bonds. The van der Waals surface area contributed by atoms with Gasteiger partial charge in [0.25, 0.3) is 10.2 Å². The fraction of sp³-hybridized carbons (Fsp3) is 1.00. The van der Waals surface area contributed by atoms with Crippen LogP contribution in [-0.2, 0) is 10.2 Å². The van der Waals surface area contributed by atoms with Crippen LogP contribution in [-0.4, -0.2) is 38.4 Å². The zero-order valence-electron chi connectivity index (χ0n) is 12.6. The summed E-state index contributed by atoms with van der Waals surface area (Å²) in [4.78, 5) is 0. The second-order valence-corrected chi connectivity index (χ2v) is 8.06. The highest BCUT2D eigenvalue weighted by Gasteiger charge is 2.31. The van der Waals surface area contributed by atoms with Gasteiger partial charge in [0.05, 0.1) is 0 Å². The van der Waals surface area contributed by atoms with E-state index in [9.17, 15) is 8.42 Å². The van der Waals surface area contributed by atoms with Crippen LogP contribution >= 0.6 is 0 Å². The van der Waals surface area contributed by atoms with Crippen molar-refractivity contribution in [2.75, 3.05) is 19.6 Å². The fourth-order valence-electron chi connectivity index (χ4n) is 3.59. The van der Waals surface area contributed by atoms with Crippen molar-refractivity contribution in [2.45, 2.75) is 57.9 Å². The summed E-state index contributed by atoms with van der Waals surface area (Å²) in [6.45, 7) is 3.88. The molecule has 1 saturated carbocycles. The van der Waals surface area contributed by atoms with Gasteiger partial charge < -0.3 is 5.73 Å². The minimum Gasteiger partial charge on any atom is -0.330 e. The smallest absolute Gasteiger partial charge is 0.279 e. The van der Waals surface area contributed by atoms with Crippen LogP contribution in [0.25, 0.3) is 0 Å². The molecule has 2 aliphatic rings. The van der Waals surface area contributed by atoms with Gasteiger partial charge in [-0.05, 0) is 51.0 Å². The molecule has 118 valence electrons. The second kappa shape index (κ2) is 7.20. The average Bonchev–Trinajstić information content (AvgIpc) is 2.46. The van der Waals surface area contributed by atoms with E-state index in [1.807, 2.05) is 6.92 Å². The maximum Gasteiger partial charge on any atom is 0.279 e. The van der Waals surface area contributed by atoms with Crippen molar-refractivity contribution in [1.29, 1.82) is 0 Å². The first-order valence-corrected chi connectivity index (χ1v) is 9.45. The van der Waals surface area contributed by atoms with Gasteiger partial charge in [-0.2, -0.15) is 12.7 Å². The normalized spacial score (nSPS) is 33.2. The number of rotatable bonds is 5. The van der Waals surface area contributed by atoms with Gasteiger partial charge in [-0.25, -0.2) is 4.72 Å². The fourth-order valence-corrected chi connectivity index (χ4v) is 5.13. The maximum atomic E-state index is 12.4. The van der Waals surface area contributed by atoms with Gasteiger partial charge in [0, 0.05) is 19.1 Å². The average molecular weight is 303 g/mol. The molecule has 5 nitrogen and oxygen atoms in total. The summed E-state index contributed by atoms with van der Waals surface area (Å²) < 4.78 is 29.3. The van der Waals surface area contributed by atoms with E-state index >= 15 is 0 Å². The first kappa shape index (κ1) is 16.2. The molecule has 1 aliphatic heterocycles. The largest absolute Gasteiger partial charge is 0.330 e. The lowest BCUT2D eigenvalue weighted by atomic mass is 9.79. The molecule has 1 heterocycles. The molecule has 0 bridgehead atoms. The first-order valence-electron chi connectivity index (χ1n) is 8.01. The monoisotopic (exact) mass is 303 g/mol. The van der Waals surface area contributed by atoms with Crippen molar-refractivity contribution >= 4 is 10.2 Å². The Kier molecular flexibility index (Phi) is 5.84. The predicted molar refractivity (Wildman–Crippen MR) is 81.4 cm³/mol. The molecule has 3 unspecified atom stereocenters. The standard InChI is InChI=1S/C14H29N3O2S/c1-12-6-4-5-9-17(12)20(18,19)16-11-14-8-3-2-7-13(14)10-15/h12-14,16H,2-11,15H2,1H3. The molecule has 1 saturated heterocycles. The molecule has 6 heteroatoms. The highest BCUT2D eigenvalue weighted by molar-refractivity contribution is 7.87. The van der Waals surface area contributed by atoms with E-state index in [1.165, 1.54) is 12.8 Å². The lowest BCUT2D eigenvalue weighted by Crippen LogP contribution is -2.49. The van der Waals surface area contributed by atoms with Gasteiger partial charge in [-0.3, -0.25) is 0 Å². The lowest BCUT2D eigenvalue weighted by molar-refractivity contribution is 0.236. The maximum absolute atomic E-state index is 12.4. The summed E-state index contributed by atoms with van der Waals surface area (Å²) in [5.41, 5.74) is 5.81. The highest BCUT2D eigenvalue weighted by atomic mass is 32.2. The molecular weight excluding hydrogens is 274 g/mol. The summed E-state index contributed by atoms with van der Waals surface area (Å²) in [7, 11) is -3.32. The third-order valence-electron chi connectivity index (χ3n) is 4.95. The molecule has 1 aliphatic carbocycles. The van der Waals surface area contributed by atoms with Crippen molar-refractivity contribution < 1.29 is 8.42 Å². The Hall–Kier alpha value is -0.170. The van der Waals surface area contributed by atoms with E-state index in [4.69, 9.17) is 5.73 Å². The van der Waals surface area contributed by atoms with Crippen molar-refractivity contribution in [1.82, 2.24) is 9.03 Å². The minimum atomic E-state index is -3.32. The Labute approximate surface area is 123 Å². The quantitative estimate of drug-likeness (QED) is 0.807. The number of nitrogens with one attached hydrogen (secondary N) is 1. The zero-order valence-corrected chi connectivity index (χ0v) is 13.4. The van der Waals surface area contributed by atoms with Gasteiger partial charge in [0.1, 0.15) is 0 Å². The summed E-state index contributed by atoms with van der Waals surface area (Å²) in [5, 5.41) is 0. The van der Waals surface area contributed by atoms with Crippen LogP contribution in [0.5, 0.6) is 0 Å². The predicted octanol–water partition coefficient (Wildman–Crippen LogP) is 1.46. The van der Waals surface area contributed by atoms with Gasteiger partial charge in [-0.15, -0.1) is 0 Å². The van der Waals surface area contributed by atoms with Crippen LogP contribution in [0.15, 0.2) is 0 Å². The third kappa shape index (κ3) is 3.93. The van der Waals surface area contributed by atoms with Crippen LogP contribution in [0.1, 0.15) is 51.9 Å². The van der Waals surface area contributed by atoms with E-state index in [0.29, 0.717) is 31.5 Å². The Morgan fingerprint density at radius 3 is 2.40 bits per heavy atom. The number of nitrogens with zero attached hydrogens (tertiary/aromatic N) is 1. The molecule has 0 aromatic heterocycles. The summed E-state index contributed by atoms with van der Waals surface area (Å²) in [5.74, 6) is 0.883. The minimum absolute atomic E-state index is 0.123. The topological polar surface area (TPSA) is 75.4 Å². The van der Waals surface area contributed by atoms with E-state index in [1.54, 1.807) is 4.31 Å². The Balaban J connectivity index is 1.91. The lowest BCUT2D eigenvalue weighted by Gasteiger charge is -2.34. The van der Waals surface area contributed by atoms with Crippen molar-refractivity contribution in [2.24, 2.45) is 17.6 Å². The molecule has 0 aromatic rings. The molecule has 0 spiro atoms. The van der Waals surface area contributed by atoms with Gasteiger partial charge in [0.2, 0.25) is 0 Å². The van der Waals surface area contributed by atoms with E-state index in [0.717, 1.165) is 32.1 Å². The molecule has 20 heavy (non-hydrogen) atoms. The molecule has 3 atom stereocenters. The van der Waals surface area contributed by atoms with E-state index in [2.05, 4.69) is 4.72 Å². The van der Waals surface area contributed by atoms with Gasteiger partial charge in [0.15, 0.2) is 0 Å². The molecule has 0 radical (unpaired) electrons.